The van der Waals surface area contributed by atoms with Gasteiger partial charge in [-0.25, -0.2) is 9.59 Å². The number of aryl methyl sites for hydroxylation is 1. The number of isocyanates is 1. The Morgan fingerprint density at radius 3 is 2.16 bits per heavy atom. The molecule has 1 rings (SSSR count). The lowest BCUT2D eigenvalue weighted by Crippen LogP contribution is -2.23. The summed E-state index contributed by atoms with van der Waals surface area (Å²) in [6, 6.07) is 7.35. The molecule has 0 heterocycles. The van der Waals surface area contributed by atoms with Gasteiger partial charge in [-0.2, -0.15) is 4.99 Å². The van der Waals surface area contributed by atoms with Crippen molar-refractivity contribution in [3.8, 4) is 0 Å². The Kier molecular flexibility index (Phi) is 7.34. The minimum Gasteiger partial charge on any atom is -0.480 e. The van der Waals surface area contributed by atoms with Gasteiger partial charge in [0, 0.05) is 0 Å². The van der Waals surface area contributed by atoms with Crippen LogP contribution >= 0.6 is 0 Å². The highest BCUT2D eigenvalue weighted by Gasteiger charge is 2.11. The third kappa shape index (κ3) is 10.9. The number of carboxylic acid groups (broad SMARTS) is 1. The molecule has 0 spiro atoms. The summed E-state index contributed by atoms with van der Waals surface area (Å²) < 4.78 is 4.89. The van der Waals surface area contributed by atoms with Gasteiger partial charge in [-0.15, -0.1) is 0 Å². The molecule has 0 unspecified atom stereocenters. The van der Waals surface area contributed by atoms with Crippen molar-refractivity contribution in [1.82, 2.24) is 0 Å². The Bertz CT molecular complexity index is 440. The van der Waals surface area contributed by atoms with Crippen LogP contribution in [0.15, 0.2) is 29.3 Å². The molecule has 0 aliphatic heterocycles. The van der Waals surface area contributed by atoms with E-state index in [9.17, 15) is 9.59 Å². The molecule has 19 heavy (non-hydrogen) atoms. The molecular formula is C14H19NO4. The smallest absolute Gasteiger partial charge is 0.329 e. The number of rotatable bonds is 3. The normalized spacial score (nSPS) is 9.89. The Morgan fingerprint density at radius 1 is 1.32 bits per heavy atom. The molecule has 0 atom stereocenters. The maximum absolute atomic E-state index is 9.92. The molecule has 0 aliphatic carbocycles. The topological polar surface area (TPSA) is 76.0 Å². The monoisotopic (exact) mass is 265 g/mol. The SMILES string of the molecule is CC(C)(C)OCC(=O)O.Cc1ccc(N=C=O)cc1. The highest BCUT2D eigenvalue weighted by molar-refractivity contribution is 5.68. The molecule has 0 bridgehead atoms. The third-order valence-electron chi connectivity index (χ3n) is 1.84. The van der Waals surface area contributed by atoms with Gasteiger partial charge in [0.25, 0.3) is 0 Å². The molecule has 0 fully saturated rings. The molecule has 0 aliphatic rings. The summed E-state index contributed by atoms with van der Waals surface area (Å²) in [5.41, 5.74) is 1.46. The molecule has 0 saturated heterocycles. The van der Waals surface area contributed by atoms with Crippen molar-refractivity contribution in [2.75, 3.05) is 6.61 Å². The van der Waals surface area contributed by atoms with Crippen molar-refractivity contribution in [2.45, 2.75) is 33.3 Å². The Labute approximate surface area is 112 Å². The number of aliphatic imine (C=N–C) groups is 1. The van der Waals surface area contributed by atoms with Gasteiger partial charge in [0.1, 0.15) is 6.61 Å². The van der Waals surface area contributed by atoms with E-state index in [1.54, 1.807) is 12.1 Å². The van der Waals surface area contributed by atoms with Gasteiger partial charge in [0.05, 0.1) is 11.3 Å². The van der Waals surface area contributed by atoms with Crippen LogP contribution in [-0.4, -0.2) is 29.4 Å². The van der Waals surface area contributed by atoms with E-state index in [0.29, 0.717) is 5.69 Å². The predicted octanol–water partition coefficient (Wildman–Crippen LogP) is 2.85. The minimum absolute atomic E-state index is 0.219. The van der Waals surface area contributed by atoms with Crippen molar-refractivity contribution in [2.24, 2.45) is 4.99 Å². The maximum Gasteiger partial charge on any atom is 0.329 e. The molecule has 0 radical (unpaired) electrons. The van der Waals surface area contributed by atoms with Crippen molar-refractivity contribution in [3.63, 3.8) is 0 Å². The third-order valence-corrected chi connectivity index (χ3v) is 1.84. The Balaban J connectivity index is 0.000000344. The fourth-order valence-corrected chi connectivity index (χ4v) is 0.950. The first-order valence-electron chi connectivity index (χ1n) is 5.75. The molecule has 1 N–H and O–H groups in total. The van der Waals surface area contributed by atoms with Gasteiger partial charge in [-0.3, -0.25) is 0 Å². The molecule has 0 aromatic heterocycles. The van der Waals surface area contributed by atoms with Crippen LogP contribution in [0.3, 0.4) is 0 Å². The molecule has 1 aromatic carbocycles. The largest absolute Gasteiger partial charge is 0.480 e. The van der Waals surface area contributed by atoms with Crippen LogP contribution < -0.4 is 0 Å². The molecule has 1 aromatic rings. The number of aliphatic carboxylic acids is 1. The minimum atomic E-state index is -0.926. The quantitative estimate of drug-likeness (QED) is 0.673. The number of carboxylic acids is 1. The van der Waals surface area contributed by atoms with Crippen molar-refractivity contribution < 1.29 is 19.4 Å². The van der Waals surface area contributed by atoms with E-state index < -0.39 is 5.97 Å². The Hall–Kier alpha value is -1.97. The average Bonchev–Trinajstić information content (AvgIpc) is 2.30. The second-order valence-electron chi connectivity index (χ2n) is 4.83. The number of hydrogen-bond acceptors (Lipinski definition) is 4. The summed E-state index contributed by atoms with van der Waals surface area (Å²) in [5.74, 6) is -0.926. The van der Waals surface area contributed by atoms with Gasteiger partial charge in [-0.1, -0.05) is 17.7 Å². The summed E-state index contributed by atoms with van der Waals surface area (Å²) in [5, 5.41) is 8.15. The zero-order valence-electron chi connectivity index (χ0n) is 11.6. The number of hydrogen-bond donors (Lipinski definition) is 1. The summed E-state index contributed by atoms with van der Waals surface area (Å²) in [6.07, 6.45) is 1.48. The fraction of sp³-hybridized carbons (Fsp3) is 0.429. The van der Waals surface area contributed by atoms with E-state index in [1.807, 2.05) is 39.8 Å². The lowest BCUT2D eigenvalue weighted by Gasteiger charge is -2.17. The van der Waals surface area contributed by atoms with Crippen LogP contribution in [0, 0.1) is 6.92 Å². The number of carbonyl (C=O) groups excluding carboxylic acids is 1. The van der Waals surface area contributed by atoms with E-state index in [1.165, 1.54) is 6.08 Å². The average molecular weight is 265 g/mol. The highest BCUT2D eigenvalue weighted by Crippen LogP contribution is 2.10. The van der Waals surface area contributed by atoms with Crippen LogP contribution in [0.1, 0.15) is 26.3 Å². The van der Waals surface area contributed by atoms with Gasteiger partial charge >= 0.3 is 5.97 Å². The molecule has 5 nitrogen and oxygen atoms in total. The van der Waals surface area contributed by atoms with E-state index in [4.69, 9.17) is 9.84 Å². The molecule has 104 valence electrons. The van der Waals surface area contributed by atoms with Crippen LogP contribution in [0.5, 0.6) is 0 Å². The van der Waals surface area contributed by atoms with E-state index >= 15 is 0 Å². The fourth-order valence-electron chi connectivity index (χ4n) is 0.950. The second-order valence-corrected chi connectivity index (χ2v) is 4.83. The highest BCUT2D eigenvalue weighted by atomic mass is 16.5. The van der Waals surface area contributed by atoms with Crippen LogP contribution in [-0.2, 0) is 14.3 Å². The number of carbonyl (C=O) groups is 1. The summed E-state index contributed by atoms with van der Waals surface area (Å²) in [4.78, 5) is 23.1. The first-order chi connectivity index (χ1) is 8.74. The van der Waals surface area contributed by atoms with Crippen LogP contribution in [0.4, 0.5) is 5.69 Å². The van der Waals surface area contributed by atoms with Crippen molar-refractivity contribution in [1.29, 1.82) is 0 Å². The lowest BCUT2D eigenvalue weighted by molar-refractivity contribution is -0.147. The zero-order valence-corrected chi connectivity index (χ0v) is 11.6. The van der Waals surface area contributed by atoms with Crippen LogP contribution in [0.25, 0.3) is 0 Å². The van der Waals surface area contributed by atoms with E-state index in [2.05, 4.69) is 4.99 Å². The number of benzene rings is 1. The zero-order chi connectivity index (χ0) is 14.9. The maximum atomic E-state index is 9.92. The van der Waals surface area contributed by atoms with Crippen LogP contribution in [0.2, 0.25) is 0 Å². The Morgan fingerprint density at radius 2 is 1.84 bits per heavy atom. The predicted molar refractivity (Wildman–Crippen MR) is 72.3 cm³/mol. The standard InChI is InChI=1S/C8H7NO.C6H12O3/c1-7-2-4-8(5-3-7)9-6-10;1-6(2,3)9-4-5(7)8/h2-5H,1H3;4H2,1-3H3,(H,7,8). The van der Waals surface area contributed by atoms with Gasteiger partial charge in [0.2, 0.25) is 6.08 Å². The van der Waals surface area contributed by atoms with E-state index in [0.717, 1.165) is 5.56 Å². The van der Waals surface area contributed by atoms with Crippen molar-refractivity contribution in [3.05, 3.63) is 29.8 Å². The van der Waals surface area contributed by atoms with Gasteiger partial charge in [0.15, 0.2) is 0 Å². The molecular weight excluding hydrogens is 246 g/mol. The molecule has 5 heteroatoms. The summed E-state index contributed by atoms with van der Waals surface area (Å²) >= 11 is 0. The number of nitrogens with zero attached hydrogens (tertiary/aromatic N) is 1. The molecule has 0 saturated carbocycles. The molecule has 0 amide bonds. The first-order valence-corrected chi connectivity index (χ1v) is 5.75. The van der Waals surface area contributed by atoms with Crippen molar-refractivity contribution >= 4 is 17.7 Å². The lowest BCUT2D eigenvalue weighted by atomic mass is 10.2. The number of ether oxygens (including phenoxy) is 1. The van der Waals surface area contributed by atoms with Gasteiger partial charge < -0.3 is 9.84 Å². The first kappa shape index (κ1) is 17.0. The second kappa shape index (κ2) is 8.19. The van der Waals surface area contributed by atoms with E-state index in [-0.39, 0.29) is 12.2 Å². The summed E-state index contributed by atoms with van der Waals surface area (Å²) in [6.45, 7) is 7.21. The summed E-state index contributed by atoms with van der Waals surface area (Å²) in [7, 11) is 0. The van der Waals surface area contributed by atoms with Gasteiger partial charge in [-0.05, 0) is 39.8 Å².